The maximum Gasteiger partial charge on any atom is 0.514 e. The molecular weight excluding hydrogens is 340 g/mol. The van der Waals surface area contributed by atoms with E-state index in [2.05, 4.69) is 4.98 Å². The summed E-state index contributed by atoms with van der Waals surface area (Å²) in [5, 5.41) is 1.78. The molecule has 0 atom stereocenters. The van der Waals surface area contributed by atoms with E-state index in [1.54, 1.807) is 5.32 Å². The molecule has 2 heterocycles. The van der Waals surface area contributed by atoms with Gasteiger partial charge in [-0.15, -0.1) is 0 Å². The number of nitrogens with zero attached hydrogens (tertiary/aromatic N) is 1. The lowest BCUT2D eigenvalue weighted by Crippen LogP contribution is -2.41. The second kappa shape index (κ2) is 6.49. The Labute approximate surface area is 144 Å². The van der Waals surface area contributed by atoms with Crippen molar-refractivity contribution >= 4 is 18.6 Å². The average Bonchev–Trinajstić information content (AvgIpc) is 2.71. The van der Waals surface area contributed by atoms with Gasteiger partial charge in [-0.25, -0.2) is 4.98 Å². The van der Waals surface area contributed by atoms with Gasteiger partial charge in [0.1, 0.15) is 12.1 Å². The SMILES string of the molecule is COc1nc(B2OC(C)(C)C(C)(C)O2)ccc1C(=O)NCC(F)(F)F. The average molecular weight is 360 g/mol. The number of alkyl halides is 3. The zero-order valence-corrected chi connectivity index (χ0v) is 14.7. The number of rotatable bonds is 4. The second-order valence-electron chi connectivity index (χ2n) is 6.68. The summed E-state index contributed by atoms with van der Waals surface area (Å²) >= 11 is 0. The molecule has 0 unspecified atom stereocenters. The summed E-state index contributed by atoms with van der Waals surface area (Å²) in [5.41, 5.74) is -0.889. The van der Waals surface area contributed by atoms with Crippen LogP contribution >= 0.6 is 0 Å². The van der Waals surface area contributed by atoms with Gasteiger partial charge >= 0.3 is 13.3 Å². The molecule has 0 bridgehead atoms. The van der Waals surface area contributed by atoms with Crippen LogP contribution in [0.1, 0.15) is 38.1 Å². The highest BCUT2D eigenvalue weighted by atomic mass is 19.4. The summed E-state index contributed by atoms with van der Waals surface area (Å²) in [6.45, 7) is 6.08. The summed E-state index contributed by atoms with van der Waals surface area (Å²) in [6, 6.07) is 2.80. The van der Waals surface area contributed by atoms with Crippen LogP contribution < -0.4 is 15.6 Å². The maximum absolute atomic E-state index is 12.2. The third kappa shape index (κ3) is 4.24. The van der Waals surface area contributed by atoms with Gasteiger partial charge < -0.3 is 19.4 Å². The summed E-state index contributed by atoms with van der Waals surface area (Å²) in [4.78, 5) is 16.1. The van der Waals surface area contributed by atoms with Crippen LogP contribution in [0.3, 0.4) is 0 Å². The first-order valence-corrected chi connectivity index (χ1v) is 7.62. The normalized spacial score (nSPS) is 19.0. The Hall–Kier alpha value is -1.81. The van der Waals surface area contributed by atoms with E-state index in [1.807, 2.05) is 27.7 Å². The molecule has 1 aliphatic heterocycles. The predicted octanol–water partition coefficient (Wildman–Crippen LogP) is 1.68. The molecule has 1 saturated heterocycles. The molecule has 0 radical (unpaired) electrons. The van der Waals surface area contributed by atoms with Crippen LogP contribution in [0.15, 0.2) is 12.1 Å². The standard InChI is InChI=1S/C15H20BF3N2O4/c1-13(2)14(3,4)25-16(24-13)10-7-6-9(12(21-10)23-5)11(22)20-8-15(17,18)19/h6-7H,8H2,1-5H3,(H,20,22). The first-order valence-electron chi connectivity index (χ1n) is 7.62. The highest BCUT2D eigenvalue weighted by Gasteiger charge is 2.52. The van der Waals surface area contributed by atoms with Crippen molar-refractivity contribution in [2.24, 2.45) is 0 Å². The molecule has 25 heavy (non-hydrogen) atoms. The van der Waals surface area contributed by atoms with E-state index >= 15 is 0 Å². The van der Waals surface area contributed by atoms with Crippen LogP contribution in [-0.2, 0) is 9.31 Å². The lowest BCUT2D eigenvalue weighted by molar-refractivity contribution is -0.123. The Balaban J connectivity index is 2.21. The number of halogens is 3. The molecule has 138 valence electrons. The summed E-state index contributed by atoms with van der Waals surface area (Å²) < 4.78 is 53.4. The van der Waals surface area contributed by atoms with Crippen LogP contribution in [-0.4, -0.2) is 49.0 Å². The van der Waals surface area contributed by atoms with Crippen molar-refractivity contribution in [2.75, 3.05) is 13.7 Å². The second-order valence-corrected chi connectivity index (χ2v) is 6.68. The molecular formula is C15H20BF3N2O4. The third-order valence-electron chi connectivity index (χ3n) is 4.26. The van der Waals surface area contributed by atoms with Gasteiger partial charge in [0.15, 0.2) is 0 Å². The van der Waals surface area contributed by atoms with E-state index in [1.165, 1.54) is 19.2 Å². The number of methoxy groups -OCH3 is 1. The van der Waals surface area contributed by atoms with Gasteiger partial charge in [-0.1, -0.05) is 0 Å². The molecule has 6 nitrogen and oxygen atoms in total. The highest BCUT2D eigenvalue weighted by molar-refractivity contribution is 6.61. The zero-order valence-electron chi connectivity index (χ0n) is 14.7. The Kier molecular flexibility index (Phi) is 5.07. The summed E-state index contributed by atoms with van der Waals surface area (Å²) in [7, 11) is 0.503. The molecule has 1 aromatic heterocycles. The summed E-state index contributed by atoms with van der Waals surface area (Å²) in [6.07, 6.45) is -4.50. The molecule has 1 aliphatic rings. The van der Waals surface area contributed by atoms with Gasteiger partial charge in [0.2, 0.25) is 5.88 Å². The van der Waals surface area contributed by atoms with Crippen LogP contribution in [0, 0.1) is 0 Å². The number of hydrogen-bond acceptors (Lipinski definition) is 5. The van der Waals surface area contributed by atoms with E-state index in [0.29, 0.717) is 5.59 Å². The Bertz CT molecular complexity index is 649. The van der Waals surface area contributed by atoms with Gasteiger partial charge in [0, 0.05) is 0 Å². The van der Waals surface area contributed by atoms with Crippen LogP contribution in [0.4, 0.5) is 13.2 Å². The van der Waals surface area contributed by atoms with E-state index in [0.717, 1.165) is 0 Å². The molecule has 1 amide bonds. The van der Waals surface area contributed by atoms with Crippen molar-refractivity contribution in [3.05, 3.63) is 17.7 Å². The van der Waals surface area contributed by atoms with Crippen molar-refractivity contribution < 1.29 is 32.0 Å². The number of aromatic nitrogens is 1. The number of amides is 1. The van der Waals surface area contributed by atoms with Crippen molar-refractivity contribution in [1.82, 2.24) is 10.3 Å². The fourth-order valence-electron chi connectivity index (χ4n) is 2.15. The number of hydrogen-bond donors (Lipinski definition) is 1. The van der Waals surface area contributed by atoms with Gasteiger partial charge in [-0.05, 0) is 39.8 Å². The summed E-state index contributed by atoms with van der Waals surface area (Å²) in [5.74, 6) is -1.03. The maximum atomic E-state index is 12.2. The smallest absolute Gasteiger partial charge is 0.480 e. The predicted molar refractivity (Wildman–Crippen MR) is 84.9 cm³/mol. The van der Waals surface area contributed by atoms with Crippen LogP contribution in [0.5, 0.6) is 5.88 Å². The largest absolute Gasteiger partial charge is 0.514 e. The lowest BCUT2D eigenvalue weighted by Gasteiger charge is -2.32. The number of carbonyl (C=O) groups is 1. The first kappa shape index (κ1) is 19.5. The van der Waals surface area contributed by atoms with E-state index in [-0.39, 0.29) is 11.4 Å². The lowest BCUT2D eigenvalue weighted by atomic mass is 9.84. The van der Waals surface area contributed by atoms with Gasteiger partial charge in [0.05, 0.1) is 23.9 Å². The Morgan fingerprint density at radius 2 is 1.80 bits per heavy atom. The van der Waals surface area contributed by atoms with Crippen LogP contribution in [0.2, 0.25) is 0 Å². The van der Waals surface area contributed by atoms with E-state index in [9.17, 15) is 18.0 Å². The van der Waals surface area contributed by atoms with Crippen molar-refractivity contribution in [3.63, 3.8) is 0 Å². The highest BCUT2D eigenvalue weighted by Crippen LogP contribution is 2.36. The van der Waals surface area contributed by atoms with Crippen molar-refractivity contribution in [3.8, 4) is 5.88 Å². The molecule has 1 aromatic rings. The van der Waals surface area contributed by atoms with Crippen molar-refractivity contribution in [2.45, 2.75) is 45.1 Å². The van der Waals surface area contributed by atoms with Gasteiger partial charge in [-0.3, -0.25) is 4.79 Å². The minimum Gasteiger partial charge on any atom is -0.480 e. The first-order chi connectivity index (χ1) is 11.4. The number of pyridine rings is 1. The van der Waals surface area contributed by atoms with Crippen LogP contribution in [0.25, 0.3) is 0 Å². The third-order valence-corrected chi connectivity index (χ3v) is 4.26. The minimum absolute atomic E-state index is 0.105. The molecule has 0 spiro atoms. The number of nitrogens with one attached hydrogen (secondary N) is 1. The topological polar surface area (TPSA) is 69.7 Å². The molecule has 0 aliphatic carbocycles. The Morgan fingerprint density at radius 1 is 1.24 bits per heavy atom. The monoisotopic (exact) mass is 360 g/mol. The van der Waals surface area contributed by atoms with E-state index in [4.69, 9.17) is 14.0 Å². The fraction of sp³-hybridized carbons (Fsp3) is 0.600. The molecule has 2 rings (SSSR count). The number of ether oxygens (including phenoxy) is 1. The molecule has 0 saturated carbocycles. The van der Waals surface area contributed by atoms with E-state index < -0.39 is 36.9 Å². The quantitative estimate of drug-likeness (QED) is 0.828. The minimum atomic E-state index is -4.50. The van der Waals surface area contributed by atoms with Gasteiger partial charge in [0.25, 0.3) is 5.91 Å². The molecule has 0 aromatic carbocycles. The Morgan fingerprint density at radius 3 is 2.28 bits per heavy atom. The molecule has 10 heteroatoms. The fourth-order valence-corrected chi connectivity index (χ4v) is 2.15. The molecule has 1 fully saturated rings. The molecule has 1 N–H and O–H groups in total. The zero-order chi connectivity index (χ0) is 19.0. The number of carbonyl (C=O) groups excluding carboxylic acids is 1. The van der Waals surface area contributed by atoms with Crippen molar-refractivity contribution in [1.29, 1.82) is 0 Å². The van der Waals surface area contributed by atoms with Gasteiger partial charge in [-0.2, -0.15) is 13.2 Å².